The van der Waals surface area contributed by atoms with E-state index in [-0.39, 0.29) is 0 Å². The van der Waals surface area contributed by atoms with E-state index < -0.39 is 0 Å². The standard InChI is InChI=1S/C52H40N4/c1-37-26-28-41(29-27-37)56-51-24-12-10-22-47(51)48-36-44(30-31-52(48)56)55(40-17-7-4-8-18-40)43-20-13-19-42(35-43)53-33-14-25-50-46(38(2)45-21-9-11-23-49(45)53)32-34-54(50)39-15-5-3-6-16-39/h3-32,34-36H,2,33H2,1H3/b25-14-. The summed E-state index contributed by atoms with van der Waals surface area (Å²) in [6.07, 6.45) is 6.67. The highest BCUT2D eigenvalue weighted by atomic mass is 15.2. The Kier molecular flexibility index (Phi) is 8.23. The lowest BCUT2D eigenvalue weighted by atomic mass is 9.97. The van der Waals surface area contributed by atoms with Crippen LogP contribution in [0.3, 0.4) is 0 Å². The van der Waals surface area contributed by atoms with Crippen molar-refractivity contribution >= 4 is 61.9 Å². The first-order valence-electron chi connectivity index (χ1n) is 19.2. The van der Waals surface area contributed by atoms with Crippen molar-refractivity contribution in [2.45, 2.75) is 6.92 Å². The van der Waals surface area contributed by atoms with Crippen LogP contribution >= 0.6 is 0 Å². The third-order valence-electron chi connectivity index (χ3n) is 11.0. The van der Waals surface area contributed by atoms with E-state index in [0.29, 0.717) is 6.54 Å². The smallest absolute Gasteiger partial charge is 0.0542 e. The number of aromatic nitrogens is 2. The molecule has 1 aliphatic heterocycles. The molecule has 0 saturated heterocycles. The molecule has 0 fully saturated rings. The van der Waals surface area contributed by atoms with Gasteiger partial charge in [-0.05, 0) is 110 Å². The highest BCUT2D eigenvalue weighted by molar-refractivity contribution is 6.10. The van der Waals surface area contributed by atoms with Crippen LogP contribution in [0.1, 0.15) is 22.4 Å². The Morgan fingerprint density at radius 3 is 2.04 bits per heavy atom. The predicted octanol–water partition coefficient (Wildman–Crippen LogP) is 13.6. The predicted molar refractivity (Wildman–Crippen MR) is 237 cm³/mol. The first kappa shape index (κ1) is 33.3. The zero-order valence-electron chi connectivity index (χ0n) is 31.3. The van der Waals surface area contributed by atoms with Gasteiger partial charge in [-0.1, -0.05) is 109 Å². The average molecular weight is 721 g/mol. The summed E-state index contributed by atoms with van der Waals surface area (Å²) in [4.78, 5) is 4.78. The fourth-order valence-electron chi connectivity index (χ4n) is 8.30. The maximum atomic E-state index is 4.69. The minimum absolute atomic E-state index is 0.683. The molecular weight excluding hydrogens is 681 g/mol. The summed E-state index contributed by atoms with van der Waals surface area (Å²) in [5.41, 5.74) is 15.8. The molecule has 3 heterocycles. The van der Waals surface area contributed by atoms with E-state index in [2.05, 4.69) is 233 Å². The Morgan fingerprint density at radius 2 is 1.20 bits per heavy atom. The Labute approximate surface area is 327 Å². The second kappa shape index (κ2) is 13.8. The maximum absolute atomic E-state index is 4.69. The molecule has 9 aromatic rings. The largest absolute Gasteiger partial charge is 0.337 e. The molecule has 0 N–H and O–H groups in total. The highest BCUT2D eigenvalue weighted by Crippen LogP contribution is 2.43. The van der Waals surface area contributed by atoms with Gasteiger partial charge in [-0.3, -0.25) is 0 Å². The Balaban J connectivity index is 1.10. The van der Waals surface area contributed by atoms with Gasteiger partial charge in [-0.25, -0.2) is 0 Å². The Hall–Kier alpha value is -7.30. The lowest BCUT2D eigenvalue weighted by Gasteiger charge is -2.30. The van der Waals surface area contributed by atoms with E-state index in [4.69, 9.17) is 0 Å². The fraction of sp³-hybridized carbons (Fsp3) is 0.0385. The van der Waals surface area contributed by atoms with Crippen molar-refractivity contribution in [1.29, 1.82) is 0 Å². The molecule has 1 aliphatic rings. The molecule has 10 rings (SSSR count). The summed E-state index contributed by atoms with van der Waals surface area (Å²) in [6, 6.07) is 65.4. The third kappa shape index (κ3) is 5.71. The summed E-state index contributed by atoms with van der Waals surface area (Å²) in [6.45, 7) is 7.51. The number of rotatable bonds is 6. The van der Waals surface area contributed by atoms with Crippen LogP contribution in [0.25, 0.3) is 44.8 Å². The molecule has 56 heavy (non-hydrogen) atoms. The van der Waals surface area contributed by atoms with E-state index in [1.54, 1.807) is 0 Å². The van der Waals surface area contributed by atoms with Crippen molar-refractivity contribution in [2.75, 3.05) is 16.3 Å². The van der Waals surface area contributed by atoms with E-state index in [1.807, 2.05) is 0 Å². The number of fused-ring (bicyclic) bond motifs is 5. The van der Waals surface area contributed by atoms with Gasteiger partial charge in [-0.2, -0.15) is 0 Å². The number of para-hydroxylation sites is 4. The fourth-order valence-corrected chi connectivity index (χ4v) is 8.30. The zero-order chi connectivity index (χ0) is 37.6. The molecule has 0 spiro atoms. The van der Waals surface area contributed by atoms with Crippen molar-refractivity contribution in [1.82, 2.24) is 9.13 Å². The summed E-state index contributed by atoms with van der Waals surface area (Å²) >= 11 is 0. The number of anilines is 5. The van der Waals surface area contributed by atoms with Crippen molar-refractivity contribution in [3.05, 3.63) is 223 Å². The SMILES string of the molecule is C=C1c2ccccc2N(c2cccc(N(c3ccccc3)c3ccc4c(c3)c3ccccc3n4-c3ccc(C)cc3)c2)C/C=C\c2c1ccn2-c1ccccc1. The highest BCUT2D eigenvalue weighted by Gasteiger charge is 2.22. The van der Waals surface area contributed by atoms with Gasteiger partial charge in [0.2, 0.25) is 0 Å². The summed E-state index contributed by atoms with van der Waals surface area (Å²) < 4.78 is 4.63. The van der Waals surface area contributed by atoms with Crippen LogP contribution in [0.2, 0.25) is 0 Å². The minimum atomic E-state index is 0.683. The first-order chi connectivity index (χ1) is 27.6. The van der Waals surface area contributed by atoms with E-state index >= 15 is 0 Å². The zero-order valence-corrected chi connectivity index (χ0v) is 31.3. The maximum Gasteiger partial charge on any atom is 0.0542 e. The van der Waals surface area contributed by atoms with Gasteiger partial charge in [0.1, 0.15) is 0 Å². The molecule has 268 valence electrons. The molecule has 0 aliphatic carbocycles. The van der Waals surface area contributed by atoms with Crippen LogP contribution in [0, 0.1) is 6.92 Å². The molecule has 0 bridgehead atoms. The number of benzene rings is 7. The quantitative estimate of drug-likeness (QED) is 0.170. The summed E-state index contributed by atoms with van der Waals surface area (Å²) in [5.74, 6) is 0. The Bertz CT molecular complexity index is 2910. The summed E-state index contributed by atoms with van der Waals surface area (Å²) in [7, 11) is 0. The normalized spacial score (nSPS) is 13.2. The van der Waals surface area contributed by atoms with Crippen LogP contribution in [0.5, 0.6) is 0 Å². The minimum Gasteiger partial charge on any atom is -0.337 e. The van der Waals surface area contributed by atoms with Crippen LogP contribution in [0.15, 0.2) is 201 Å². The van der Waals surface area contributed by atoms with Crippen LogP contribution in [-0.2, 0) is 0 Å². The van der Waals surface area contributed by atoms with Gasteiger partial charge < -0.3 is 18.9 Å². The lowest BCUT2D eigenvalue weighted by molar-refractivity contribution is 1.06. The lowest BCUT2D eigenvalue weighted by Crippen LogP contribution is -2.19. The average Bonchev–Trinajstić information content (AvgIpc) is 3.83. The van der Waals surface area contributed by atoms with Gasteiger partial charge in [0.15, 0.2) is 0 Å². The van der Waals surface area contributed by atoms with E-state index in [9.17, 15) is 0 Å². The molecule has 0 radical (unpaired) electrons. The van der Waals surface area contributed by atoms with Gasteiger partial charge in [0.25, 0.3) is 0 Å². The van der Waals surface area contributed by atoms with Crippen LogP contribution in [0.4, 0.5) is 28.4 Å². The van der Waals surface area contributed by atoms with Crippen molar-refractivity contribution in [3.8, 4) is 11.4 Å². The summed E-state index contributed by atoms with van der Waals surface area (Å²) in [5, 5.41) is 2.45. The molecule has 0 unspecified atom stereocenters. The molecule has 0 amide bonds. The molecule has 0 atom stereocenters. The van der Waals surface area contributed by atoms with Gasteiger partial charge >= 0.3 is 0 Å². The molecule has 4 heteroatoms. The number of hydrogen-bond donors (Lipinski definition) is 0. The number of hydrogen-bond acceptors (Lipinski definition) is 2. The first-order valence-corrected chi connectivity index (χ1v) is 19.2. The molecule has 2 aromatic heterocycles. The molecule has 0 saturated carbocycles. The Morgan fingerprint density at radius 1 is 0.518 bits per heavy atom. The number of nitrogens with zero attached hydrogens (tertiary/aromatic N) is 4. The molecule has 4 nitrogen and oxygen atoms in total. The van der Waals surface area contributed by atoms with Crippen LogP contribution < -0.4 is 9.80 Å². The topological polar surface area (TPSA) is 16.3 Å². The van der Waals surface area contributed by atoms with Gasteiger partial charge in [-0.15, -0.1) is 0 Å². The van der Waals surface area contributed by atoms with Gasteiger partial charge in [0.05, 0.1) is 16.7 Å². The second-order valence-corrected chi connectivity index (χ2v) is 14.4. The monoisotopic (exact) mass is 720 g/mol. The van der Waals surface area contributed by atoms with Crippen molar-refractivity contribution < 1.29 is 0 Å². The van der Waals surface area contributed by atoms with E-state index in [1.165, 1.54) is 27.4 Å². The van der Waals surface area contributed by atoms with Crippen LogP contribution in [-0.4, -0.2) is 15.7 Å². The molecule has 7 aromatic carbocycles. The number of aryl methyl sites for hydroxylation is 1. The van der Waals surface area contributed by atoms with Gasteiger partial charge in [0, 0.05) is 74.5 Å². The molecular formula is C52H40N4. The van der Waals surface area contributed by atoms with E-state index in [0.717, 1.165) is 62.2 Å². The third-order valence-corrected chi connectivity index (χ3v) is 11.0. The second-order valence-electron chi connectivity index (χ2n) is 14.4. The van der Waals surface area contributed by atoms with Crippen molar-refractivity contribution in [2.24, 2.45) is 0 Å². The van der Waals surface area contributed by atoms with Crippen molar-refractivity contribution in [3.63, 3.8) is 0 Å².